The highest BCUT2D eigenvalue weighted by molar-refractivity contribution is 5.93. The molecule has 0 saturated carbocycles. The second kappa shape index (κ2) is 13.2. The molecule has 194 valence electrons. The van der Waals surface area contributed by atoms with E-state index in [1.807, 2.05) is 6.08 Å². The predicted molar refractivity (Wildman–Crippen MR) is 135 cm³/mol. The average molecular weight is 508 g/mol. The summed E-state index contributed by atoms with van der Waals surface area (Å²) in [5.74, 6) is 0.124. The largest absolute Gasteiger partial charge is 0.496 e. The maximum absolute atomic E-state index is 12.8. The van der Waals surface area contributed by atoms with E-state index in [0.717, 1.165) is 0 Å². The molecule has 0 fully saturated rings. The van der Waals surface area contributed by atoms with Gasteiger partial charge in [0.15, 0.2) is 6.10 Å². The van der Waals surface area contributed by atoms with Gasteiger partial charge in [0.05, 0.1) is 32.0 Å². The molecule has 0 aliphatic heterocycles. The van der Waals surface area contributed by atoms with E-state index in [-0.39, 0.29) is 19.6 Å². The average Bonchev–Trinajstić information content (AvgIpc) is 3.42. The number of aromatic nitrogens is 1. The first-order valence-corrected chi connectivity index (χ1v) is 11.4. The summed E-state index contributed by atoms with van der Waals surface area (Å²) in [6.45, 7) is 4.04. The third kappa shape index (κ3) is 6.93. The van der Waals surface area contributed by atoms with Crippen molar-refractivity contribution in [1.82, 2.24) is 4.98 Å². The molecule has 2 aromatic heterocycles. The van der Waals surface area contributed by atoms with Gasteiger partial charge in [-0.1, -0.05) is 12.7 Å². The first kappa shape index (κ1) is 27.4. The monoisotopic (exact) mass is 507 g/mol. The Kier molecular flexibility index (Phi) is 9.76. The van der Waals surface area contributed by atoms with Crippen LogP contribution in [-0.2, 0) is 20.8 Å². The molecule has 1 N–H and O–H groups in total. The zero-order valence-electron chi connectivity index (χ0n) is 20.9. The SMILES string of the molecule is C=C(COC)/C(=C/C[C@@H](OC(=O)c1ccncc1)c1ccc(CO)o1)c1cc(C(=O)OC)ccc1OC. The van der Waals surface area contributed by atoms with Gasteiger partial charge in [0, 0.05) is 31.5 Å². The smallest absolute Gasteiger partial charge is 0.338 e. The van der Waals surface area contributed by atoms with Gasteiger partial charge in [-0.25, -0.2) is 9.59 Å². The maximum atomic E-state index is 12.8. The standard InChI is InChI=1S/C28H29NO8/c1-18(17-33-2)22(23-15-20(27(31)35-4)5-8-24(23)34-3)7-10-26(25-9-6-21(16-30)36-25)37-28(32)19-11-13-29-14-12-19/h5-9,11-15,26,30H,1,10,16-17H2,2-4H3/b22-7-/t26-/m1/s1. The summed E-state index contributed by atoms with van der Waals surface area (Å²) in [6, 6.07) is 11.3. The molecular formula is C28H29NO8. The van der Waals surface area contributed by atoms with Gasteiger partial charge in [0.1, 0.15) is 23.9 Å². The fourth-order valence-corrected chi connectivity index (χ4v) is 3.65. The fourth-order valence-electron chi connectivity index (χ4n) is 3.65. The van der Waals surface area contributed by atoms with Crippen molar-refractivity contribution >= 4 is 17.5 Å². The third-order valence-electron chi connectivity index (χ3n) is 5.47. The van der Waals surface area contributed by atoms with Crippen LogP contribution in [0.2, 0.25) is 0 Å². The third-order valence-corrected chi connectivity index (χ3v) is 5.47. The molecule has 3 aromatic rings. The molecule has 0 amide bonds. The van der Waals surface area contributed by atoms with Crippen LogP contribution >= 0.6 is 0 Å². The van der Waals surface area contributed by atoms with Crippen LogP contribution in [-0.4, -0.2) is 50.0 Å². The van der Waals surface area contributed by atoms with Crippen molar-refractivity contribution < 1.29 is 38.1 Å². The maximum Gasteiger partial charge on any atom is 0.338 e. The van der Waals surface area contributed by atoms with E-state index in [0.29, 0.717) is 45.1 Å². The molecule has 0 unspecified atom stereocenters. The summed E-state index contributed by atoms with van der Waals surface area (Å²) in [5, 5.41) is 9.44. The van der Waals surface area contributed by atoms with Crippen LogP contribution in [0.15, 0.2) is 77.5 Å². The highest BCUT2D eigenvalue weighted by Gasteiger charge is 2.23. The van der Waals surface area contributed by atoms with Crippen molar-refractivity contribution in [2.45, 2.75) is 19.1 Å². The van der Waals surface area contributed by atoms with E-state index < -0.39 is 18.0 Å². The number of carbonyl (C=O) groups excluding carboxylic acids is 2. The van der Waals surface area contributed by atoms with E-state index in [2.05, 4.69) is 11.6 Å². The zero-order chi connectivity index (χ0) is 26.8. The van der Waals surface area contributed by atoms with Gasteiger partial charge in [-0.15, -0.1) is 0 Å². The Morgan fingerprint density at radius 3 is 2.43 bits per heavy atom. The Balaban J connectivity index is 2.03. The number of rotatable bonds is 12. The fraction of sp³-hybridized carbons (Fsp3) is 0.250. The number of furan rings is 1. The van der Waals surface area contributed by atoms with Crippen LogP contribution < -0.4 is 4.74 Å². The van der Waals surface area contributed by atoms with Crippen molar-refractivity contribution in [3.8, 4) is 5.75 Å². The summed E-state index contributed by atoms with van der Waals surface area (Å²) in [7, 11) is 4.37. The number of aliphatic hydroxyl groups is 1. The van der Waals surface area contributed by atoms with Gasteiger partial charge in [0.2, 0.25) is 0 Å². The lowest BCUT2D eigenvalue weighted by atomic mass is 9.94. The number of hydrogen-bond donors (Lipinski definition) is 1. The molecule has 1 atom stereocenters. The summed E-state index contributed by atoms with van der Waals surface area (Å²) in [5.41, 5.74) is 2.48. The first-order valence-electron chi connectivity index (χ1n) is 11.4. The topological polar surface area (TPSA) is 117 Å². The molecule has 0 spiro atoms. The summed E-state index contributed by atoms with van der Waals surface area (Å²) >= 11 is 0. The second-order valence-corrected chi connectivity index (χ2v) is 7.89. The molecule has 0 bridgehead atoms. The molecule has 0 aliphatic carbocycles. The number of benzene rings is 1. The minimum absolute atomic E-state index is 0.179. The number of pyridine rings is 1. The van der Waals surface area contributed by atoms with Crippen molar-refractivity contribution in [2.75, 3.05) is 27.9 Å². The van der Waals surface area contributed by atoms with Gasteiger partial charge >= 0.3 is 11.9 Å². The molecule has 0 radical (unpaired) electrons. The van der Waals surface area contributed by atoms with Crippen LogP contribution in [0.4, 0.5) is 0 Å². The van der Waals surface area contributed by atoms with Crippen molar-refractivity contribution in [3.63, 3.8) is 0 Å². The molecule has 2 heterocycles. The summed E-state index contributed by atoms with van der Waals surface area (Å²) < 4.78 is 27.2. The quantitative estimate of drug-likeness (QED) is 0.278. The number of methoxy groups -OCH3 is 3. The Hall–Kier alpha value is -4.21. The number of ether oxygens (including phenoxy) is 4. The minimum Gasteiger partial charge on any atom is -0.496 e. The molecular weight excluding hydrogens is 478 g/mol. The predicted octanol–water partition coefficient (Wildman–Crippen LogP) is 4.54. The Morgan fingerprint density at radius 1 is 1.05 bits per heavy atom. The number of esters is 2. The molecule has 37 heavy (non-hydrogen) atoms. The van der Waals surface area contributed by atoms with Crippen LogP contribution in [0.1, 0.15) is 50.3 Å². The summed E-state index contributed by atoms with van der Waals surface area (Å²) in [4.78, 5) is 29.0. The van der Waals surface area contributed by atoms with Gasteiger partial charge in [-0.3, -0.25) is 4.98 Å². The number of aliphatic hydroxyl groups excluding tert-OH is 1. The minimum atomic E-state index is -0.832. The lowest BCUT2D eigenvalue weighted by Crippen LogP contribution is -2.11. The van der Waals surface area contributed by atoms with Crippen molar-refractivity contribution in [1.29, 1.82) is 0 Å². The molecule has 9 heteroatoms. The van der Waals surface area contributed by atoms with E-state index in [9.17, 15) is 14.7 Å². The van der Waals surface area contributed by atoms with Crippen LogP contribution in [0.3, 0.4) is 0 Å². The second-order valence-electron chi connectivity index (χ2n) is 7.89. The van der Waals surface area contributed by atoms with Gasteiger partial charge in [-0.05, 0) is 53.6 Å². The van der Waals surface area contributed by atoms with Crippen LogP contribution in [0.25, 0.3) is 5.57 Å². The lowest BCUT2D eigenvalue weighted by Gasteiger charge is -2.18. The van der Waals surface area contributed by atoms with E-state index in [1.165, 1.54) is 26.6 Å². The zero-order valence-corrected chi connectivity index (χ0v) is 20.9. The van der Waals surface area contributed by atoms with Crippen LogP contribution in [0, 0.1) is 0 Å². The Bertz CT molecular complexity index is 1260. The molecule has 3 rings (SSSR count). The number of nitrogens with zero attached hydrogens (tertiary/aromatic N) is 1. The van der Waals surface area contributed by atoms with E-state index >= 15 is 0 Å². The molecule has 9 nitrogen and oxygen atoms in total. The highest BCUT2D eigenvalue weighted by Crippen LogP contribution is 2.34. The molecule has 1 aromatic carbocycles. The van der Waals surface area contributed by atoms with E-state index in [4.69, 9.17) is 23.4 Å². The number of hydrogen-bond acceptors (Lipinski definition) is 9. The molecule has 0 aliphatic rings. The van der Waals surface area contributed by atoms with Gasteiger partial charge in [0.25, 0.3) is 0 Å². The first-order chi connectivity index (χ1) is 17.9. The normalized spacial score (nSPS) is 12.1. The van der Waals surface area contributed by atoms with Crippen molar-refractivity contribution in [2.24, 2.45) is 0 Å². The Morgan fingerprint density at radius 2 is 1.81 bits per heavy atom. The highest BCUT2D eigenvalue weighted by atomic mass is 16.6. The summed E-state index contributed by atoms with van der Waals surface area (Å²) in [6.07, 6.45) is 4.15. The lowest BCUT2D eigenvalue weighted by molar-refractivity contribution is 0.0246. The van der Waals surface area contributed by atoms with Crippen molar-refractivity contribution in [3.05, 3.63) is 101 Å². The van der Waals surface area contributed by atoms with Crippen LogP contribution in [0.5, 0.6) is 5.75 Å². The Labute approximate surface area is 214 Å². The van der Waals surface area contributed by atoms with Gasteiger partial charge < -0.3 is 28.5 Å². The van der Waals surface area contributed by atoms with Gasteiger partial charge in [-0.2, -0.15) is 0 Å². The molecule has 0 saturated heterocycles. The number of carbonyl (C=O) groups is 2. The van der Waals surface area contributed by atoms with E-state index in [1.54, 1.807) is 49.6 Å².